The molecule has 0 bridgehead atoms. The summed E-state index contributed by atoms with van der Waals surface area (Å²) in [5.41, 5.74) is 2.25. The molecule has 2 aromatic rings. The van der Waals surface area contributed by atoms with Crippen molar-refractivity contribution >= 4 is 17.3 Å². The first kappa shape index (κ1) is 16.6. The van der Waals surface area contributed by atoms with E-state index >= 15 is 0 Å². The molecule has 0 saturated carbocycles. The predicted molar refractivity (Wildman–Crippen MR) is 87.8 cm³/mol. The van der Waals surface area contributed by atoms with Crippen LogP contribution in [0, 0.1) is 12.7 Å². The summed E-state index contributed by atoms with van der Waals surface area (Å²) in [5, 5.41) is 5.73. The molecule has 0 radical (unpaired) electrons. The summed E-state index contributed by atoms with van der Waals surface area (Å²) in [6.45, 7) is 1.98. The highest BCUT2D eigenvalue weighted by molar-refractivity contribution is 5.93. The Balaban J connectivity index is 1.99. The summed E-state index contributed by atoms with van der Waals surface area (Å²) >= 11 is 0. The van der Waals surface area contributed by atoms with Gasteiger partial charge in [0, 0.05) is 17.4 Å². The van der Waals surface area contributed by atoms with Crippen LogP contribution < -0.4 is 20.1 Å². The molecular formula is C17H19FN2O3. The summed E-state index contributed by atoms with van der Waals surface area (Å²) in [6, 6.07) is 9.21. The number of amides is 1. The maximum absolute atomic E-state index is 12.8. The van der Waals surface area contributed by atoms with Crippen molar-refractivity contribution in [1.82, 2.24) is 0 Å². The minimum absolute atomic E-state index is 0.0771. The zero-order valence-corrected chi connectivity index (χ0v) is 13.3. The average Bonchev–Trinajstić information content (AvgIpc) is 2.55. The van der Waals surface area contributed by atoms with Crippen molar-refractivity contribution in [2.75, 3.05) is 31.4 Å². The molecule has 6 heteroatoms. The van der Waals surface area contributed by atoms with E-state index in [1.165, 1.54) is 24.3 Å². The first-order valence-electron chi connectivity index (χ1n) is 7.05. The molecule has 0 fully saturated rings. The van der Waals surface area contributed by atoms with Crippen molar-refractivity contribution in [2.24, 2.45) is 0 Å². The Kier molecular flexibility index (Phi) is 5.41. The predicted octanol–water partition coefficient (Wildman–Crippen LogP) is 3.20. The molecule has 23 heavy (non-hydrogen) atoms. The lowest BCUT2D eigenvalue weighted by Crippen LogP contribution is -2.22. The molecule has 0 aliphatic heterocycles. The van der Waals surface area contributed by atoms with Gasteiger partial charge in [0.1, 0.15) is 5.82 Å². The number of hydrogen-bond acceptors (Lipinski definition) is 4. The van der Waals surface area contributed by atoms with Crippen molar-refractivity contribution < 1.29 is 18.7 Å². The molecule has 0 aromatic heterocycles. The second kappa shape index (κ2) is 7.49. The number of carbonyl (C=O) groups excluding carboxylic acids is 1. The van der Waals surface area contributed by atoms with Gasteiger partial charge in [-0.25, -0.2) is 4.39 Å². The van der Waals surface area contributed by atoms with Crippen molar-refractivity contribution in [3.63, 3.8) is 0 Å². The molecule has 1 amide bonds. The van der Waals surface area contributed by atoms with E-state index in [0.29, 0.717) is 17.2 Å². The van der Waals surface area contributed by atoms with Crippen molar-refractivity contribution in [1.29, 1.82) is 0 Å². The number of ether oxygens (including phenoxy) is 2. The molecule has 0 saturated heterocycles. The highest BCUT2D eigenvalue weighted by Gasteiger charge is 2.10. The van der Waals surface area contributed by atoms with Crippen LogP contribution in [0.5, 0.6) is 11.5 Å². The van der Waals surface area contributed by atoms with Crippen LogP contribution in [-0.4, -0.2) is 26.7 Å². The van der Waals surface area contributed by atoms with Gasteiger partial charge >= 0.3 is 0 Å². The molecule has 0 atom stereocenters. The lowest BCUT2D eigenvalue weighted by Gasteiger charge is -2.14. The third-order valence-corrected chi connectivity index (χ3v) is 3.30. The topological polar surface area (TPSA) is 59.6 Å². The lowest BCUT2D eigenvalue weighted by molar-refractivity contribution is -0.114. The number of hydrogen-bond donors (Lipinski definition) is 2. The highest BCUT2D eigenvalue weighted by Crippen LogP contribution is 2.32. The van der Waals surface area contributed by atoms with Crippen LogP contribution in [0.3, 0.4) is 0 Å². The molecule has 2 N–H and O–H groups in total. The number of anilines is 2. The smallest absolute Gasteiger partial charge is 0.243 e. The second-order valence-corrected chi connectivity index (χ2v) is 4.93. The normalized spacial score (nSPS) is 10.1. The summed E-state index contributed by atoms with van der Waals surface area (Å²) in [5.74, 6) is 0.638. The van der Waals surface area contributed by atoms with E-state index in [2.05, 4.69) is 10.6 Å². The molecule has 0 unspecified atom stereocenters. The van der Waals surface area contributed by atoms with Crippen molar-refractivity contribution in [3.8, 4) is 11.5 Å². The Morgan fingerprint density at radius 1 is 1.09 bits per heavy atom. The van der Waals surface area contributed by atoms with E-state index in [4.69, 9.17) is 9.47 Å². The Morgan fingerprint density at radius 3 is 2.30 bits per heavy atom. The largest absolute Gasteiger partial charge is 0.493 e. The van der Waals surface area contributed by atoms with Gasteiger partial charge in [-0.2, -0.15) is 0 Å². The molecule has 0 aliphatic carbocycles. The lowest BCUT2D eigenvalue weighted by atomic mass is 10.1. The SMILES string of the molecule is COc1cc(C)c(NCC(=O)Nc2ccc(F)cc2)cc1OC. The van der Waals surface area contributed by atoms with Crippen LogP contribution in [-0.2, 0) is 4.79 Å². The van der Waals surface area contributed by atoms with E-state index in [1.807, 2.05) is 13.0 Å². The van der Waals surface area contributed by atoms with Gasteiger partial charge in [-0.15, -0.1) is 0 Å². The fourth-order valence-electron chi connectivity index (χ4n) is 2.08. The quantitative estimate of drug-likeness (QED) is 0.859. The number of nitrogens with one attached hydrogen (secondary N) is 2. The number of benzene rings is 2. The van der Waals surface area contributed by atoms with Gasteiger partial charge in [0.15, 0.2) is 11.5 Å². The van der Waals surface area contributed by atoms with Gasteiger partial charge in [0.2, 0.25) is 5.91 Å². The van der Waals surface area contributed by atoms with Crippen molar-refractivity contribution in [2.45, 2.75) is 6.92 Å². The van der Waals surface area contributed by atoms with E-state index in [1.54, 1.807) is 20.3 Å². The molecular weight excluding hydrogens is 299 g/mol. The number of rotatable bonds is 6. The Labute approximate surface area is 134 Å². The molecule has 122 valence electrons. The van der Waals surface area contributed by atoms with E-state index in [-0.39, 0.29) is 18.3 Å². The molecule has 2 rings (SSSR count). The second-order valence-electron chi connectivity index (χ2n) is 4.93. The van der Waals surface area contributed by atoms with Crippen LogP contribution in [0.25, 0.3) is 0 Å². The van der Waals surface area contributed by atoms with Crippen LogP contribution >= 0.6 is 0 Å². The zero-order valence-electron chi connectivity index (χ0n) is 13.3. The molecule has 0 heterocycles. The van der Waals surface area contributed by atoms with Crippen LogP contribution in [0.15, 0.2) is 36.4 Å². The maximum atomic E-state index is 12.8. The van der Waals surface area contributed by atoms with Gasteiger partial charge in [-0.1, -0.05) is 0 Å². The molecule has 5 nitrogen and oxygen atoms in total. The number of halogens is 1. The molecule has 2 aromatic carbocycles. The highest BCUT2D eigenvalue weighted by atomic mass is 19.1. The minimum atomic E-state index is -0.345. The Morgan fingerprint density at radius 2 is 1.70 bits per heavy atom. The first-order chi connectivity index (χ1) is 11.0. The van der Waals surface area contributed by atoms with Gasteiger partial charge in [0.05, 0.1) is 20.8 Å². The van der Waals surface area contributed by atoms with Gasteiger partial charge in [-0.05, 0) is 42.8 Å². The monoisotopic (exact) mass is 318 g/mol. The fraction of sp³-hybridized carbons (Fsp3) is 0.235. The van der Waals surface area contributed by atoms with E-state index in [0.717, 1.165) is 11.3 Å². The Bertz CT molecular complexity index is 687. The van der Waals surface area contributed by atoms with Gasteiger partial charge < -0.3 is 20.1 Å². The van der Waals surface area contributed by atoms with Crippen LogP contribution in [0.1, 0.15) is 5.56 Å². The third-order valence-electron chi connectivity index (χ3n) is 3.30. The van der Waals surface area contributed by atoms with Crippen molar-refractivity contribution in [3.05, 3.63) is 47.8 Å². The number of carbonyl (C=O) groups is 1. The molecule has 0 aliphatic rings. The fourth-order valence-corrected chi connectivity index (χ4v) is 2.08. The Hall–Kier alpha value is -2.76. The standard InChI is InChI=1S/C17H19FN2O3/c1-11-8-15(22-2)16(23-3)9-14(11)19-10-17(21)20-13-6-4-12(18)5-7-13/h4-9,19H,10H2,1-3H3,(H,20,21). The summed E-state index contributed by atoms with van der Waals surface area (Å²) in [7, 11) is 3.12. The maximum Gasteiger partial charge on any atom is 0.243 e. The van der Waals surface area contributed by atoms with Gasteiger partial charge in [0.25, 0.3) is 0 Å². The summed E-state index contributed by atoms with van der Waals surface area (Å²) < 4.78 is 23.3. The number of methoxy groups -OCH3 is 2. The average molecular weight is 318 g/mol. The first-order valence-corrected chi connectivity index (χ1v) is 7.05. The van der Waals surface area contributed by atoms with E-state index in [9.17, 15) is 9.18 Å². The van der Waals surface area contributed by atoms with E-state index < -0.39 is 0 Å². The third kappa shape index (κ3) is 4.35. The number of aryl methyl sites for hydroxylation is 1. The van der Waals surface area contributed by atoms with Crippen LogP contribution in [0.2, 0.25) is 0 Å². The summed E-state index contributed by atoms with van der Waals surface area (Å²) in [6.07, 6.45) is 0. The van der Waals surface area contributed by atoms with Gasteiger partial charge in [-0.3, -0.25) is 4.79 Å². The zero-order chi connectivity index (χ0) is 16.8. The minimum Gasteiger partial charge on any atom is -0.493 e. The summed E-state index contributed by atoms with van der Waals surface area (Å²) in [4.78, 5) is 11.9. The molecule has 0 spiro atoms. The van der Waals surface area contributed by atoms with Crippen LogP contribution in [0.4, 0.5) is 15.8 Å².